The molecule has 2 fully saturated rings. The van der Waals surface area contributed by atoms with Crippen molar-refractivity contribution >= 4 is 16.5 Å². The highest BCUT2D eigenvalue weighted by Crippen LogP contribution is 2.27. The Morgan fingerprint density at radius 1 is 1.33 bits per heavy atom. The largest absolute Gasteiger partial charge is 0.346 e. The number of likely N-dealkylation sites (tertiary alicyclic amines) is 1. The highest BCUT2D eigenvalue weighted by Gasteiger charge is 2.30. The zero-order valence-electron chi connectivity index (χ0n) is 13.3. The summed E-state index contributed by atoms with van der Waals surface area (Å²) in [7, 11) is 0. The molecule has 1 unspecified atom stereocenters. The van der Waals surface area contributed by atoms with Crippen molar-refractivity contribution in [3.8, 4) is 0 Å². The smallest absolute Gasteiger partial charge is 0.185 e. The minimum atomic E-state index is 0.697. The van der Waals surface area contributed by atoms with Crippen LogP contribution in [0, 0.1) is 5.92 Å². The van der Waals surface area contributed by atoms with Crippen LogP contribution in [0.15, 0.2) is 5.38 Å². The second kappa shape index (κ2) is 7.07. The first kappa shape index (κ1) is 15.3. The van der Waals surface area contributed by atoms with Gasteiger partial charge in [-0.05, 0) is 44.8 Å². The number of nitrogens with zero attached hydrogens (tertiary/aromatic N) is 3. The van der Waals surface area contributed by atoms with Crippen LogP contribution in [0.25, 0.3) is 0 Å². The summed E-state index contributed by atoms with van der Waals surface area (Å²) >= 11 is 1.81. The van der Waals surface area contributed by atoms with Gasteiger partial charge in [-0.1, -0.05) is 13.8 Å². The minimum Gasteiger partial charge on any atom is -0.346 e. The van der Waals surface area contributed by atoms with Gasteiger partial charge in [0.05, 0.1) is 5.69 Å². The van der Waals surface area contributed by atoms with E-state index in [0.717, 1.165) is 19.1 Å². The van der Waals surface area contributed by atoms with E-state index in [2.05, 4.69) is 34.3 Å². The molecule has 1 atom stereocenters. The van der Waals surface area contributed by atoms with Crippen molar-refractivity contribution in [2.75, 3.05) is 37.6 Å². The summed E-state index contributed by atoms with van der Waals surface area (Å²) < 4.78 is 0. The molecule has 0 aliphatic carbocycles. The second-order valence-corrected chi connectivity index (χ2v) is 7.61. The number of rotatable bonds is 6. The topological polar surface area (TPSA) is 31.4 Å². The molecule has 21 heavy (non-hydrogen) atoms. The number of aromatic nitrogens is 1. The quantitative estimate of drug-likeness (QED) is 0.875. The van der Waals surface area contributed by atoms with Gasteiger partial charge in [0.1, 0.15) is 0 Å². The summed E-state index contributed by atoms with van der Waals surface area (Å²) in [5.74, 6) is 0.697. The first-order chi connectivity index (χ1) is 10.2. The summed E-state index contributed by atoms with van der Waals surface area (Å²) in [4.78, 5) is 9.98. The molecule has 3 rings (SSSR count). The zero-order valence-corrected chi connectivity index (χ0v) is 14.2. The van der Waals surface area contributed by atoms with Gasteiger partial charge >= 0.3 is 0 Å². The van der Waals surface area contributed by atoms with Gasteiger partial charge in [0.2, 0.25) is 0 Å². The van der Waals surface area contributed by atoms with Crippen molar-refractivity contribution in [1.29, 1.82) is 0 Å². The van der Waals surface area contributed by atoms with E-state index in [-0.39, 0.29) is 0 Å². The zero-order chi connectivity index (χ0) is 14.7. The lowest BCUT2D eigenvalue weighted by atomic mass is 10.2. The molecule has 2 aliphatic heterocycles. The van der Waals surface area contributed by atoms with Crippen LogP contribution in [0.2, 0.25) is 0 Å². The van der Waals surface area contributed by atoms with Crippen molar-refractivity contribution in [2.45, 2.75) is 45.7 Å². The lowest BCUT2D eigenvalue weighted by molar-refractivity contribution is 0.260. The lowest BCUT2D eigenvalue weighted by Crippen LogP contribution is -2.35. The van der Waals surface area contributed by atoms with E-state index in [1.165, 1.54) is 56.3 Å². The van der Waals surface area contributed by atoms with Crippen molar-refractivity contribution < 1.29 is 0 Å². The van der Waals surface area contributed by atoms with Crippen LogP contribution >= 0.6 is 11.3 Å². The van der Waals surface area contributed by atoms with Gasteiger partial charge in [0.25, 0.3) is 0 Å². The van der Waals surface area contributed by atoms with Gasteiger partial charge in [-0.2, -0.15) is 0 Å². The van der Waals surface area contributed by atoms with Gasteiger partial charge in [-0.25, -0.2) is 4.98 Å². The fourth-order valence-electron chi connectivity index (χ4n) is 3.33. The van der Waals surface area contributed by atoms with E-state index >= 15 is 0 Å². The van der Waals surface area contributed by atoms with Crippen molar-refractivity contribution in [2.24, 2.45) is 5.92 Å². The molecule has 0 aromatic carbocycles. The van der Waals surface area contributed by atoms with Gasteiger partial charge in [0.15, 0.2) is 5.13 Å². The molecule has 0 spiro atoms. The SMILES string of the molecule is CC(C)CNCc1csc(N2CCC(N3CCCC3)C2)n1. The van der Waals surface area contributed by atoms with E-state index in [1.54, 1.807) is 11.3 Å². The Hall–Kier alpha value is -0.650. The molecule has 0 amide bonds. The monoisotopic (exact) mass is 308 g/mol. The number of nitrogens with one attached hydrogen (secondary N) is 1. The van der Waals surface area contributed by atoms with Crippen molar-refractivity contribution in [3.63, 3.8) is 0 Å². The normalized spacial score (nSPS) is 23.6. The molecule has 0 bridgehead atoms. The maximum Gasteiger partial charge on any atom is 0.185 e. The molecule has 2 saturated heterocycles. The highest BCUT2D eigenvalue weighted by atomic mass is 32.1. The van der Waals surface area contributed by atoms with Crippen LogP contribution in [0.3, 0.4) is 0 Å². The van der Waals surface area contributed by atoms with E-state index in [9.17, 15) is 0 Å². The maximum absolute atomic E-state index is 4.81. The third-order valence-electron chi connectivity index (χ3n) is 4.49. The molecular formula is C16H28N4S. The fraction of sp³-hybridized carbons (Fsp3) is 0.812. The standard InChI is InChI=1S/C16H28N4S/c1-13(2)9-17-10-14-12-21-16(18-14)20-8-5-15(11-20)19-6-3-4-7-19/h12-13,15,17H,3-11H2,1-2H3. The van der Waals surface area contributed by atoms with Crippen LogP contribution in [-0.2, 0) is 6.54 Å². The summed E-state index contributed by atoms with van der Waals surface area (Å²) in [5.41, 5.74) is 1.19. The third kappa shape index (κ3) is 3.96. The van der Waals surface area contributed by atoms with Gasteiger partial charge in [0, 0.05) is 31.1 Å². The minimum absolute atomic E-state index is 0.697. The molecule has 1 aromatic heterocycles. The van der Waals surface area contributed by atoms with E-state index in [0.29, 0.717) is 5.92 Å². The van der Waals surface area contributed by atoms with Gasteiger partial charge < -0.3 is 10.2 Å². The van der Waals surface area contributed by atoms with Crippen LogP contribution in [0.1, 0.15) is 38.8 Å². The molecule has 1 aromatic rings. The van der Waals surface area contributed by atoms with Gasteiger partial charge in [-0.15, -0.1) is 11.3 Å². The molecule has 3 heterocycles. The Kier molecular flexibility index (Phi) is 5.14. The van der Waals surface area contributed by atoms with Crippen LogP contribution in [0.5, 0.6) is 0 Å². The summed E-state index contributed by atoms with van der Waals surface area (Å²) in [6, 6.07) is 0.763. The van der Waals surface area contributed by atoms with Crippen molar-refractivity contribution in [3.05, 3.63) is 11.1 Å². The number of hydrogen-bond donors (Lipinski definition) is 1. The Morgan fingerprint density at radius 3 is 2.90 bits per heavy atom. The first-order valence-corrected chi connectivity index (χ1v) is 9.24. The Labute approximate surface area is 132 Å². The van der Waals surface area contributed by atoms with E-state index in [1.807, 2.05) is 0 Å². The van der Waals surface area contributed by atoms with E-state index in [4.69, 9.17) is 4.98 Å². The molecule has 2 aliphatic rings. The Morgan fingerprint density at radius 2 is 2.14 bits per heavy atom. The Bertz CT molecular complexity index is 439. The van der Waals surface area contributed by atoms with Crippen LogP contribution < -0.4 is 10.2 Å². The van der Waals surface area contributed by atoms with Crippen LogP contribution in [0.4, 0.5) is 5.13 Å². The molecule has 118 valence electrons. The second-order valence-electron chi connectivity index (χ2n) is 6.78. The third-order valence-corrected chi connectivity index (χ3v) is 5.44. The number of thiazole rings is 1. The average Bonchev–Trinajstić information content (AvgIpc) is 3.19. The predicted octanol–water partition coefficient (Wildman–Crippen LogP) is 2.56. The summed E-state index contributed by atoms with van der Waals surface area (Å²) in [6.07, 6.45) is 4.08. The molecule has 0 saturated carbocycles. The fourth-order valence-corrected chi connectivity index (χ4v) is 4.19. The van der Waals surface area contributed by atoms with E-state index < -0.39 is 0 Å². The number of anilines is 1. The summed E-state index contributed by atoms with van der Waals surface area (Å²) in [5, 5.41) is 6.91. The highest BCUT2D eigenvalue weighted by molar-refractivity contribution is 7.13. The first-order valence-electron chi connectivity index (χ1n) is 8.36. The predicted molar refractivity (Wildman–Crippen MR) is 90.1 cm³/mol. The lowest BCUT2D eigenvalue weighted by Gasteiger charge is -2.23. The molecular weight excluding hydrogens is 280 g/mol. The number of hydrogen-bond acceptors (Lipinski definition) is 5. The van der Waals surface area contributed by atoms with Gasteiger partial charge in [-0.3, -0.25) is 4.90 Å². The van der Waals surface area contributed by atoms with Crippen molar-refractivity contribution in [1.82, 2.24) is 15.2 Å². The summed E-state index contributed by atoms with van der Waals surface area (Å²) in [6.45, 7) is 11.4. The maximum atomic E-state index is 4.81. The Balaban J connectivity index is 1.49. The van der Waals surface area contributed by atoms with Crippen LogP contribution in [-0.4, -0.2) is 48.6 Å². The average molecular weight is 308 g/mol. The molecule has 5 heteroatoms. The molecule has 1 N–H and O–H groups in total. The molecule has 4 nitrogen and oxygen atoms in total. The molecule has 0 radical (unpaired) electrons.